The average Bonchev–Trinajstić information content (AvgIpc) is 2.88. The van der Waals surface area contributed by atoms with E-state index in [1.54, 1.807) is 22.8 Å². The zero-order valence-corrected chi connectivity index (χ0v) is 12.2. The molecule has 108 valence electrons. The van der Waals surface area contributed by atoms with E-state index in [1.165, 1.54) is 10.5 Å². The molecule has 6 heteroatoms. The number of fused-ring (bicyclic) bond motifs is 2. The lowest BCUT2D eigenvalue weighted by molar-refractivity contribution is 0.925. The summed E-state index contributed by atoms with van der Waals surface area (Å²) in [5.74, 6) is 0. The highest BCUT2D eigenvalue weighted by Gasteiger charge is 2.10. The third kappa shape index (κ3) is 1.88. The second-order valence-electron chi connectivity index (χ2n) is 5.27. The summed E-state index contributed by atoms with van der Waals surface area (Å²) in [6.45, 7) is 3.90. The molecule has 0 saturated carbocycles. The van der Waals surface area contributed by atoms with Gasteiger partial charge in [-0.1, -0.05) is 6.07 Å². The van der Waals surface area contributed by atoms with E-state index < -0.39 is 0 Å². The summed E-state index contributed by atoms with van der Waals surface area (Å²) in [5.41, 5.74) is 4.41. The molecular formula is C16H13N5O. The van der Waals surface area contributed by atoms with Crippen LogP contribution in [-0.4, -0.2) is 24.0 Å². The first-order valence-corrected chi connectivity index (χ1v) is 6.94. The summed E-state index contributed by atoms with van der Waals surface area (Å²) in [6, 6.07) is 8.87. The van der Waals surface area contributed by atoms with Gasteiger partial charge in [-0.2, -0.15) is 5.10 Å². The lowest BCUT2D eigenvalue weighted by Gasteiger charge is -2.05. The van der Waals surface area contributed by atoms with Crippen molar-refractivity contribution in [1.82, 2.24) is 24.0 Å². The minimum Gasteiger partial charge on any atom is -0.269 e. The standard InChI is InChI=1S/C16H13N5O/c1-10-7-13(19-21-9-11(2)17-16(10)21)12-8-15(22)20-6-4-3-5-14(20)18-12/h3-9H,1-2H3. The molecule has 0 unspecified atom stereocenters. The van der Waals surface area contributed by atoms with Crippen LogP contribution >= 0.6 is 0 Å². The monoisotopic (exact) mass is 291 g/mol. The van der Waals surface area contributed by atoms with Gasteiger partial charge in [-0.25, -0.2) is 14.5 Å². The Hall–Kier alpha value is -3.02. The van der Waals surface area contributed by atoms with Crippen molar-refractivity contribution >= 4 is 11.3 Å². The number of hydrogen-bond donors (Lipinski definition) is 0. The van der Waals surface area contributed by atoms with Crippen LogP contribution in [0, 0.1) is 13.8 Å². The molecular weight excluding hydrogens is 278 g/mol. The maximum absolute atomic E-state index is 12.2. The highest BCUT2D eigenvalue weighted by molar-refractivity contribution is 5.61. The molecule has 6 nitrogen and oxygen atoms in total. The van der Waals surface area contributed by atoms with Crippen molar-refractivity contribution in [3.8, 4) is 11.4 Å². The van der Waals surface area contributed by atoms with E-state index in [4.69, 9.17) is 0 Å². The van der Waals surface area contributed by atoms with Gasteiger partial charge in [-0.15, -0.1) is 0 Å². The van der Waals surface area contributed by atoms with Gasteiger partial charge < -0.3 is 0 Å². The molecule has 0 saturated heterocycles. The van der Waals surface area contributed by atoms with Crippen molar-refractivity contribution in [1.29, 1.82) is 0 Å². The lowest BCUT2D eigenvalue weighted by Crippen LogP contribution is -2.14. The molecule has 0 spiro atoms. The van der Waals surface area contributed by atoms with E-state index in [0.717, 1.165) is 16.9 Å². The van der Waals surface area contributed by atoms with Gasteiger partial charge >= 0.3 is 0 Å². The minimum absolute atomic E-state index is 0.123. The normalized spacial score (nSPS) is 11.4. The molecule has 0 aliphatic carbocycles. The molecule has 0 atom stereocenters. The first-order valence-electron chi connectivity index (χ1n) is 6.94. The second-order valence-corrected chi connectivity index (χ2v) is 5.27. The van der Waals surface area contributed by atoms with E-state index in [1.807, 2.05) is 32.2 Å². The lowest BCUT2D eigenvalue weighted by atomic mass is 10.2. The fourth-order valence-electron chi connectivity index (χ4n) is 2.56. The van der Waals surface area contributed by atoms with Crippen LogP contribution in [0.3, 0.4) is 0 Å². The predicted octanol–water partition coefficient (Wildman–Crippen LogP) is 2.02. The minimum atomic E-state index is -0.123. The number of nitrogens with zero attached hydrogens (tertiary/aromatic N) is 5. The van der Waals surface area contributed by atoms with Gasteiger partial charge in [0, 0.05) is 12.3 Å². The molecule has 4 heterocycles. The van der Waals surface area contributed by atoms with Crippen molar-refractivity contribution in [3.63, 3.8) is 0 Å². The SMILES string of the molecule is Cc1cn2nc(-c3cc(=O)n4ccccc4n3)cc(C)c2n1. The van der Waals surface area contributed by atoms with E-state index in [2.05, 4.69) is 15.1 Å². The van der Waals surface area contributed by atoms with Gasteiger partial charge in [-0.3, -0.25) is 9.20 Å². The zero-order valence-electron chi connectivity index (χ0n) is 12.2. The van der Waals surface area contributed by atoms with Crippen LogP contribution in [0.5, 0.6) is 0 Å². The Morgan fingerprint density at radius 1 is 1.05 bits per heavy atom. The molecule has 0 aliphatic rings. The van der Waals surface area contributed by atoms with Crippen molar-refractivity contribution in [2.45, 2.75) is 13.8 Å². The Morgan fingerprint density at radius 2 is 1.91 bits per heavy atom. The molecule has 0 fully saturated rings. The number of rotatable bonds is 1. The summed E-state index contributed by atoms with van der Waals surface area (Å²) in [6.07, 6.45) is 3.56. The second kappa shape index (κ2) is 4.49. The smallest absolute Gasteiger partial charge is 0.258 e. The van der Waals surface area contributed by atoms with E-state index in [9.17, 15) is 4.79 Å². The van der Waals surface area contributed by atoms with Gasteiger partial charge in [-0.05, 0) is 37.6 Å². The molecule has 0 bridgehead atoms. The van der Waals surface area contributed by atoms with Crippen molar-refractivity contribution in [2.75, 3.05) is 0 Å². The fraction of sp³-hybridized carbons (Fsp3) is 0.125. The Kier molecular flexibility index (Phi) is 2.59. The van der Waals surface area contributed by atoms with Gasteiger partial charge in [0.2, 0.25) is 0 Å². The summed E-state index contributed by atoms with van der Waals surface area (Å²) >= 11 is 0. The molecule has 0 amide bonds. The molecule has 0 aromatic carbocycles. The highest BCUT2D eigenvalue weighted by Crippen LogP contribution is 2.18. The summed E-state index contributed by atoms with van der Waals surface area (Å²) in [4.78, 5) is 21.2. The third-order valence-electron chi connectivity index (χ3n) is 3.56. The summed E-state index contributed by atoms with van der Waals surface area (Å²) in [5, 5.41) is 4.52. The molecule has 4 aromatic rings. The Labute approximate surface area is 125 Å². The third-order valence-corrected chi connectivity index (χ3v) is 3.56. The van der Waals surface area contributed by atoms with Crippen molar-refractivity contribution < 1.29 is 0 Å². The molecule has 4 rings (SSSR count). The number of imidazole rings is 1. The zero-order chi connectivity index (χ0) is 15.3. The van der Waals surface area contributed by atoms with Crippen LogP contribution < -0.4 is 5.56 Å². The van der Waals surface area contributed by atoms with Crippen LogP contribution in [0.1, 0.15) is 11.3 Å². The Bertz CT molecular complexity index is 1080. The largest absolute Gasteiger partial charge is 0.269 e. The van der Waals surface area contributed by atoms with Gasteiger partial charge in [0.05, 0.1) is 17.6 Å². The quantitative estimate of drug-likeness (QED) is 0.538. The first-order chi connectivity index (χ1) is 10.6. The van der Waals surface area contributed by atoms with Crippen LogP contribution in [0.2, 0.25) is 0 Å². The molecule has 0 radical (unpaired) electrons. The van der Waals surface area contributed by atoms with E-state index in [-0.39, 0.29) is 5.56 Å². The molecule has 22 heavy (non-hydrogen) atoms. The van der Waals surface area contributed by atoms with E-state index in [0.29, 0.717) is 17.0 Å². The van der Waals surface area contributed by atoms with Crippen LogP contribution in [0.4, 0.5) is 0 Å². The number of hydrogen-bond acceptors (Lipinski definition) is 4. The Balaban J connectivity index is 2.00. The van der Waals surface area contributed by atoms with E-state index >= 15 is 0 Å². The highest BCUT2D eigenvalue weighted by atomic mass is 16.1. The van der Waals surface area contributed by atoms with Gasteiger partial charge in [0.1, 0.15) is 11.3 Å². The maximum atomic E-state index is 12.2. The number of aromatic nitrogens is 5. The number of pyridine rings is 1. The van der Waals surface area contributed by atoms with Crippen LogP contribution in [0.15, 0.2) is 47.5 Å². The molecule has 0 N–H and O–H groups in total. The van der Waals surface area contributed by atoms with Crippen molar-refractivity contribution in [2.24, 2.45) is 0 Å². The van der Waals surface area contributed by atoms with Crippen LogP contribution in [-0.2, 0) is 0 Å². The summed E-state index contributed by atoms with van der Waals surface area (Å²) in [7, 11) is 0. The number of aryl methyl sites for hydroxylation is 2. The fourth-order valence-corrected chi connectivity index (χ4v) is 2.56. The maximum Gasteiger partial charge on any atom is 0.258 e. The van der Waals surface area contributed by atoms with Crippen molar-refractivity contribution in [3.05, 3.63) is 64.3 Å². The Morgan fingerprint density at radius 3 is 2.77 bits per heavy atom. The molecule has 0 aliphatic heterocycles. The first kappa shape index (κ1) is 12.7. The van der Waals surface area contributed by atoms with Gasteiger partial charge in [0.25, 0.3) is 5.56 Å². The molecule has 4 aromatic heterocycles. The van der Waals surface area contributed by atoms with Crippen LogP contribution in [0.25, 0.3) is 22.7 Å². The van der Waals surface area contributed by atoms with Gasteiger partial charge in [0.15, 0.2) is 5.65 Å². The average molecular weight is 291 g/mol. The predicted molar refractivity (Wildman–Crippen MR) is 82.9 cm³/mol. The summed E-state index contributed by atoms with van der Waals surface area (Å²) < 4.78 is 3.24. The topological polar surface area (TPSA) is 64.6 Å².